The van der Waals surface area contributed by atoms with Crippen LogP contribution in [0.15, 0.2) is 0 Å². The molecule has 0 rings (SSSR count). The van der Waals surface area contributed by atoms with Gasteiger partial charge in [-0.15, -0.1) is 0 Å². The summed E-state index contributed by atoms with van der Waals surface area (Å²) in [5.41, 5.74) is 2.61. The van der Waals surface area contributed by atoms with Crippen LogP contribution in [0.1, 0.15) is 21.0 Å². The second-order valence-corrected chi connectivity index (χ2v) is 5.63. The van der Waals surface area contributed by atoms with Crippen LogP contribution in [0.3, 0.4) is 0 Å². The molecule has 86 valence electrons. The first kappa shape index (κ1) is 5.03. The molecule has 14 heavy (non-hydrogen) atoms. The molecule has 2 unspecified atom stereocenters. The minimum Gasteiger partial charge on any atom is -0.776 e. The van der Waals surface area contributed by atoms with Gasteiger partial charge in [-0.2, -0.15) is 0 Å². The van der Waals surface area contributed by atoms with E-state index in [1.807, 2.05) is 0 Å². The van der Waals surface area contributed by atoms with Crippen molar-refractivity contribution in [3.05, 3.63) is 0 Å². The lowest BCUT2D eigenvalue weighted by atomic mass is 10.3. The maximum Gasteiger partial charge on any atom is 0.218 e. The Bertz CT molecular complexity index is 512. The molecule has 0 heterocycles. The molecule has 0 spiro atoms. The van der Waals surface area contributed by atoms with Crippen molar-refractivity contribution in [2.45, 2.75) is 17.8 Å². The molecule has 6 N–H and O–H groups in total. The van der Waals surface area contributed by atoms with Crippen molar-refractivity contribution in [2.24, 2.45) is 0 Å². The lowest BCUT2D eigenvalue weighted by molar-refractivity contribution is -0.369. The van der Waals surface area contributed by atoms with Gasteiger partial charge >= 0.3 is 0 Å². The maximum atomic E-state index is 11.8. The van der Waals surface area contributed by atoms with E-state index in [1.165, 1.54) is 0 Å². The summed E-state index contributed by atoms with van der Waals surface area (Å²) in [5, 5.41) is -1.31. The van der Waals surface area contributed by atoms with Crippen LogP contribution >= 0.6 is 15.2 Å². The van der Waals surface area contributed by atoms with E-state index in [2.05, 4.69) is 20.6 Å². The topological polar surface area (TPSA) is 169 Å². The van der Waals surface area contributed by atoms with Crippen LogP contribution in [0, 0.1) is 0 Å². The van der Waals surface area contributed by atoms with Crippen molar-refractivity contribution in [2.75, 3.05) is 6.50 Å². The van der Waals surface area contributed by atoms with Gasteiger partial charge in [0.15, 0.2) is 20.3 Å². The average Bonchev–Trinajstić information content (AvgIpc) is 2.37. The third-order valence-electron chi connectivity index (χ3n) is 1.06. The Morgan fingerprint density at radius 3 is 2.21 bits per heavy atom. The van der Waals surface area contributed by atoms with Gasteiger partial charge in [0.2, 0.25) is 4.29 Å². The highest BCUT2D eigenvalue weighted by Crippen LogP contribution is 2.65. The normalized spacial score (nSPS) is 36.9. The van der Waals surface area contributed by atoms with Crippen LogP contribution in [-0.4, -0.2) is 30.8 Å². The first-order chi connectivity index (χ1) is 9.93. The molecule has 0 aromatic heterocycles. The van der Waals surface area contributed by atoms with Crippen molar-refractivity contribution in [1.29, 1.82) is 4.29 Å². The Morgan fingerprint density at radius 1 is 1.43 bits per heavy atom. The molecule has 0 fully saturated rings. The zero-order chi connectivity index (χ0) is 19.1. The van der Waals surface area contributed by atoms with Crippen molar-refractivity contribution in [1.82, 2.24) is 0 Å². The van der Waals surface area contributed by atoms with E-state index in [-0.39, 0.29) is 0 Å². The van der Waals surface area contributed by atoms with Crippen LogP contribution in [0.4, 0.5) is 0 Å². The second-order valence-electron chi connectivity index (χ2n) is 2.03. The number of aliphatic hydroxyl groups is 1. The zero-order valence-electron chi connectivity index (χ0n) is 15.5. The molecule has 0 saturated carbocycles. The van der Waals surface area contributed by atoms with Gasteiger partial charge in [-0.1, -0.05) is 0 Å². The summed E-state index contributed by atoms with van der Waals surface area (Å²) in [6, 6.07) is 0. The highest BCUT2D eigenvalue weighted by molar-refractivity contribution is 7.70. The third kappa shape index (κ3) is 2.85. The molecule has 0 radical (unpaired) electrons. The van der Waals surface area contributed by atoms with Gasteiger partial charge in [0.1, 0.15) is 0 Å². The molecule has 0 bridgehead atoms. The molecule has 0 aliphatic heterocycles. The predicted octanol–water partition coefficient (Wildman–Crippen LogP) is -3.25. The third-order valence-corrected chi connectivity index (χ3v) is 4.23. The average molecular weight is 257 g/mol. The van der Waals surface area contributed by atoms with E-state index in [4.69, 9.17) is 12.5 Å². The summed E-state index contributed by atoms with van der Waals surface area (Å²) in [6.45, 7) is -3.44. The van der Waals surface area contributed by atoms with Crippen molar-refractivity contribution >= 4 is 15.2 Å². The lowest BCUT2D eigenvalue weighted by Gasteiger charge is -2.41. The van der Waals surface area contributed by atoms with E-state index in [9.17, 15) is 18.9 Å². The van der Waals surface area contributed by atoms with Gasteiger partial charge in [-0.25, -0.2) is 0 Å². The molecule has 0 aliphatic rings. The fourth-order valence-corrected chi connectivity index (χ4v) is 2.00. The number of quaternary nitrogens is 1. The monoisotopic (exact) mass is 257 g/mol. The Labute approximate surface area is 93.0 Å². The number of hydrogen-bond donors (Lipinski definition) is 4. The smallest absolute Gasteiger partial charge is 0.218 e. The fraction of sp³-hybridized carbons (Fsp3) is 1.00. The Hall–Kier alpha value is 0.220. The summed E-state index contributed by atoms with van der Waals surface area (Å²) in [4.78, 5) is 29.7. The molecular formula is C4H12NO7P2-. The number of rotatable bonds is 8. The standard InChI is InChI=1S/C4H13NO7P2/c5-3-1-2-4(6,13(7,8)9)14(10,11)12/h6H,1-3,5H2,(H2,7,8,9)(H2,10,11,12)/p-1/i1D2,2D2,3D2,6D/hD2. The molecule has 10 heteroatoms. The van der Waals surface area contributed by atoms with Crippen LogP contribution < -0.4 is 15.5 Å². The molecule has 0 aromatic rings. The predicted molar refractivity (Wildman–Crippen MR) is 41.6 cm³/mol. The highest BCUT2D eigenvalue weighted by Gasteiger charge is 2.46. The Morgan fingerprint density at radius 2 is 1.93 bits per heavy atom. The van der Waals surface area contributed by atoms with Gasteiger partial charge < -0.3 is 39.6 Å². The first-order valence-corrected chi connectivity index (χ1v) is 5.94. The molecule has 8 nitrogen and oxygen atoms in total. The van der Waals surface area contributed by atoms with E-state index in [0.717, 1.165) is 0 Å². The molecule has 0 saturated heterocycles. The molecule has 0 aliphatic carbocycles. The van der Waals surface area contributed by atoms with Gasteiger partial charge in [0.25, 0.3) is 0 Å². The van der Waals surface area contributed by atoms with Gasteiger partial charge in [-0.3, -0.25) is 0 Å². The first-order valence-electron chi connectivity index (χ1n) is 7.08. The Kier molecular flexibility index (Phi) is 1.58. The molecule has 0 aromatic carbocycles. The fourth-order valence-electron chi connectivity index (χ4n) is 0.413. The Balaban J connectivity index is 6.99. The maximum absolute atomic E-state index is 11.8. The van der Waals surface area contributed by atoms with Crippen LogP contribution in [0.2, 0.25) is 0 Å². The van der Waals surface area contributed by atoms with Gasteiger partial charge in [0, 0.05) is 11.9 Å². The second kappa shape index (κ2) is 4.38. The molecular weight excluding hydrogens is 236 g/mol. The highest BCUT2D eigenvalue weighted by atomic mass is 31.2. The zero-order valence-corrected chi connectivity index (χ0v) is 8.25. The summed E-state index contributed by atoms with van der Waals surface area (Å²) < 4.78 is 86.9. The van der Waals surface area contributed by atoms with Crippen molar-refractivity contribution in [3.8, 4) is 0 Å². The quantitative estimate of drug-likeness (QED) is 0.331. The summed E-state index contributed by atoms with van der Waals surface area (Å²) >= 11 is 0. The van der Waals surface area contributed by atoms with E-state index >= 15 is 0 Å². The summed E-state index contributed by atoms with van der Waals surface area (Å²) in [6.07, 6.45) is -8.47. The minimum absolute atomic E-state index is 2.61. The van der Waals surface area contributed by atoms with Crippen LogP contribution in [0.5, 0.6) is 0 Å². The van der Waals surface area contributed by atoms with E-state index < -0.39 is 39.5 Å². The molecule has 0 amide bonds. The van der Waals surface area contributed by atoms with Gasteiger partial charge in [-0.05, 0) is 6.37 Å². The number of hydrogen-bond acceptors (Lipinski definition) is 7. The van der Waals surface area contributed by atoms with Crippen molar-refractivity contribution < 1.29 is 47.8 Å². The SMILES string of the molecule is [2H]OC(C([2H])([2H])C([2H])([2H])C([2H])([2H])[NH3+])(P(=O)([O-])O[2H])P(=O)([O-])O[2H]. The van der Waals surface area contributed by atoms with Crippen molar-refractivity contribution in [3.63, 3.8) is 0 Å². The summed E-state index contributed by atoms with van der Waals surface area (Å²) in [7, 11) is -12.9. The van der Waals surface area contributed by atoms with E-state index in [0.29, 0.717) is 0 Å². The van der Waals surface area contributed by atoms with E-state index in [1.54, 1.807) is 0 Å². The van der Waals surface area contributed by atoms with Crippen LogP contribution in [0.25, 0.3) is 0 Å². The van der Waals surface area contributed by atoms with Crippen LogP contribution in [-0.2, 0) is 9.13 Å². The van der Waals surface area contributed by atoms with Gasteiger partial charge in [0.05, 0.1) is 9.24 Å². The molecule has 2 atom stereocenters. The lowest BCUT2D eigenvalue weighted by Crippen LogP contribution is -2.51. The summed E-state index contributed by atoms with van der Waals surface area (Å²) in [5.74, 6) is 0. The minimum atomic E-state index is -6.46. The largest absolute Gasteiger partial charge is 0.776 e.